The van der Waals surface area contributed by atoms with Crippen molar-refractivity contribution in [2.24, 2.45) is 0 Å². The fraction of sp³-hybridized carbons (Fsp3) is 0.833. The maximum atomic E-state index is 10.1. The minimum Gasteiger partial charge on any atom is -0.479 e. The molecule has 14 N–H and O–H groups in total. The van der Waals surface area contributed by atoms with Gasteiger partial charge in [-0.2, -0.15) is 0 Å². The molecular formula is C6H20O11. The van der Waals surface area contributed by atoms with Crippen molar-refractivity contribution in [3.05, 3.63) is 0 Å². The van der Waals surface area contributed by atoms with Gasteiger partial charge in [-0.1, -0.05) is 0 Å². The Morgan fingerprint density at radius 3 is 1.47 bits per heavy atom. The lowest BCUT2D eigenvalue weighted by molar-refractivity contribution is -0.164. The Morgan fingerprint density at radius 1 is 0.882 bits per heavy atom. The molecule has 110 valence electrons. The highest BCUT2D eigenvalue weighted by atomic mass is 16.4. The molecule has 0 aromatic rings. The van der Waals surface area contributed by atoms with Crippen molar-refractivity contribution in [2.45, 2.75) is 24.4 Å². The van der Waals surface area contributed by atoms with Crippen molar-refractivity contribution in [3.8, 4) is 0 Å². The Kier molecular flexibility index (Phi) is 23.1. The van der Waals surface area contributed by atoms with E-state index >= 15 is 0 Å². The molecule has 0 rings (SSSR count). The van der Waals surface area contributed by atoms with E-state index in [0.29, 0.717) is 0 Å². The molecule has 0 aliphatic heterocycles. The summed E-state index contributed by atoms with van der Waals surface area (Å²) in [6.45, 7) is -0.843. The molecule has 0 aliphatic rings. The van der Waals surface area contributed by atoms with Crippen molar-refractivity contribution in [1.82, 2.24) is 0 Å². The van der Waals surface area contributed by atoms with Crippen molar-refractivity contribution >= 4 is 5.97 Å². The average molecular weight is 268 g/mol. The first-order valence-corrected chi connectivity index (χ1v) is 3.47. The van der Waals surface area contributed by atoms with Gasteiger partial charge in [0.1, 0.15) is 18.3 Å². The first-order valence-electron chi connectivity index (χ1n) is 3.47. The second-order valence-electron chi connectivity index (χ2n) is 2.51. The SMILES string of the molecule is O.O.O.O.O=C(O)[C@H](O)[C@@H](O)[C@@H](O)[C@H](O)CO. The molecular weight excluding hydrogens is 248 g/mol. The number of carbonyl (C=O) groups is 1. The van der Waals surface area contributed by atoms with Crippen LogP contribution in [-0.2, 0) is 4.79 Å². The normalized spacial score (nSPS) is 15.6. The Balaban J connectivity index is -0.000000120. The Labute approximate surface area is 95.4 Å². The quantitative estimate of drug-likeness (QED) is 0.280. The van der Waals surface area contributed by atoms with Crippen LogP contribution in [-0.4, -0.2) is 89.5 Å². The number of aliphatic hydroxyl groups is 5. The summed E-state index contributed by atoms with van der Waals surface area (Å²) in [6.07, 6.45) is -7.84. The molecule has 0 saturated carbocycles. The summed E-state index contributed by atoms with van der Waals surface area (Å²) >= 11 is 0. The van der Waals surface area contributed by atoms with Gasteiger partial charge in [0.25, 0.3) is 0 Å². The number of aliphatic carboxylic acids is 1. The lowest BCUT2D eigenvalue weighted by Crippen LogP contribution is -2.48. The molecule has 0 aromatic heterocycles. The number of hydrogen-bond donors (Lipinski definition) is 6. The minimum atomic E-state index is -2.20. The second kappa shape index (κ2) is 13.2. The van der Waals surface area contributed by atoms with E-state index in [1.807, 2.05) is 0 Å². The predicted octanol–water partition coefficient (Wildman–Crippen LogP) is -6.79. The molecule has 4 atom stereocenters. The van der Waals surface area contributed by atoms with E-state index < -0.39 is 37.0 Å². The van der Waals surface area contributed by atoms with E-state index in [4.69, 9.17) is 30.6 Å². The van der Waals surface area contributed by atoms with Crippen LogP contribution in [0.4, 0.5) is 0 Å². The third-order valence-corrected chi connectivity index (χ3v) is 1.51. The van der Waals surface area contributed by atoms with Crippen LogP contribution in [0, 0.1) is 0 Å². The van der Waals surface area contributed by atoms with Gasteiger partial charge in [-0.15, -0.1) is 0 Å². The number of carboxylic acid groups (broad SMARTS) is 1. The van der Waals surface area contributed by atoms with Crippen LogP contribution >= 0.6 is 0 Å². The Hall–Kier alpha value is -0.890. The highest BCUT2D eigenvalue weighted by Gasteiger charge is 2.33. The smallest absolute Gasteiger partial charge is 0.335 e. The number of rotatable bonds is 5. The number of aliphatic hydroxyl groups excluding tert-OH is 5. The largest absolute Gasteiger partial charge is 0.479 e. The molecule has 0 spiro atoms. The van der Waals surface area contributed by atoms with Crippen LogP contribution in [0.25, 0.3) is 0 Å². The monoisotopic (exact) mass is 268 g/mol. The maximum Gasteiger partial charge on any atom is 0.335 e. The summed E-state index contributed by atoms with van der Waals surface area (Å²) in [5.41, 5.74) is 0. The lowest BCUT2D eigenvalue weighted by atomic mass is 10.0. The summed E-state index contributed by atoms with van der Waals surface area (Å²) in [5, 5.41) is 51.8. The standard InChI is InChI=1S/C6H12O7.4H2O/c7-1-2(8)3(9)4(10)5(11)6(12)13;;;;/h2-5,7-11H,1H2,(H,12,13);4*1H2/t2-,3+,4+,5-;;;;/m1..../s1. The first-order chi connectivity index (χ1) is 5.91. The summed E-state index contributed by atoms with van der Waals surface area (Å²) in [5.74, 6) is -1.73. The lowest BCUT2D eigenvalue weighted by Gasteiger charge is -2.23. The van der Waals surface area contributed by atoms with E-state index in [1.54, 1.807) is 0 Å². The topological polar surface area (TPSA) is 264 Å². The molecule has 0 fully saturated rings. The zero-order valence-corrected chi connectivity index (χ0v) is 8.61. The van der Waals surface area contributed by atoms with Gasteiger partial charge in [-0.05, 0) is 0 Å². The maximum absolute atomic E-state index is 10.1. The average Bonchev–Trinajstić information content (AvgIpc) is 2.12. The Morgan fingerprint density at radius 2 is 1.24 bits per heavy atom. The van der Waals surface area contributed by atoms with Crippen LogP contribution in [0.1, 0.15) is 0 Å². The van der Waals surface area contributed by atoms with Gasteiger partial charge in [0, 0.05) is 0 Å². The van der Waals surface area contributed by atoms with Crippen LogP contribution in [0.15, 0.2) is 0 Å². The first kappa shape index (κ1) is 29.8. The molecule has 11 heteroatoms. The Bertz CT molecular complexity index is 173. The third kappa shape index (κ3) is 8.87. The molecule has 0 heterocycles. The highest BCUT2D eigenvalue weighted by molar-refractivity contribution is 5.72. The molecule has 0 aliphatic carbocycles. The minimum absolute atomic E-state index is 0. The predicted molar refractivity (Wildman–Crippen MR) is 53.2 cm³/mol. The van der Waals surface area contributed by atoms with Gasteiger partial charge in [0.2, 0.25) is 0 Å². The summed E-state index contributed by atoms with van der Waals surface area (Å²) in [7, 11) is 0. The molecule has 0 aromatic carbocycles. The van der Waals surface area contributed by atoms with Crippen molar-refractivity contribution in [1.29, 1.82) is 0 Å². The molecule has 0 unspecified atom stereocenters. The van der Waals surface area contributed by atoms with Crippen molar-refractivity contribution < 1.29 is 57.3 Å². The van der Waals surface area contributed by atoms with E-state index in [-0.39, 0.29) is 21.9 Å². The number of hydrogen-bond acceptors (Lipinski definition) is 6. The molecule has 17 heavy (non-hydrogen) atoms. The van der Waals surface area contributed by atoms with Crippen LogP contribution < -0.4 is 0 Å². The zero-order chi connectivity index (χ0) is 10.6. The van der Waals surface area contributed by atoms with Gasteiger partial charge in [0.15, 0.2) is 6.10 Å². The molecule has 0 radical (unpaired) electrons. The fourth-order valence-corrected chi connectivity index (χ4v) is 0.668. The van der Waals surface area contributed by atoms with Crippen LogP contribution in [0.3, 0.4) is 0 Å². The molecule has 0 saturated heterocycles. The molecule has 0 amide bonds. The second-order valence-corrected chi connectivity index (χ2v) is 2.51. The summed E-state index contributed by atoms with van der Waals surface area (Å²) < 4.78 is 0. The number of carboxylic acids is 1. The molecule has 0 bridgehead atoms. The van der Waals surface area contributed by atoms with E-state index in [0.717, 1.165) is 0 Å². The van der Waals surface area contributed by atoms with Crippen molar-refractivity contribution in [2.75, 3.05) is 6.61 Å². The van der Waals surface area contributed by atoms with E-state index in [2.05, 4.69) is 0 Å². The van der Waals surface area contributed by atoms with Gasteiger partial charge in [-0.25, -0.2) is 4.79 Å². The zero-order valence-electron chi connectivity index (χ0n) is 8.61. The van der Waals surface area contributed by atoms with Crippen molar-refractivity contribution in [3.63, 3.8) is 0 Å². The summed E-state index contributed by atoms with van der Waals surface area (Å²) in [6, 6.07) is 0. The fourth-order valence-electron chi connectivity index (χ4n) is 0.668. The summed E-state index contributed by atoms with van der Waals surface area (Å²) in [4.78, 5) is 10.1. The molecule has 11 nitrogen and oxygen atoms in total. The van der Waals surface area contributed by atoms with E-state index in [1.165, 1.54) is 0 Å². The highest BCUT2D eigenvalue weighted by Crippen LogP contribution is 2.04. The van der Waals surface area contributed by atoms with E-state index in [9.17, 15) is 4.79 Å². The van der Waals surface area contributed by atoms with Gasteiger partial charge < -0.3 is 52.5 Å². The van der Waals surface area contributed by atoms with Gasteiger partial charge in [-0.3, -0.25) is 0 Å². The van der Waals surface area contributed by atoms with Crippen LogP contribution in [0.2, 0.25) is 0 Å². The third-order valence-electron chi connectivity index (χ3n) is 1.51. The van der Waals surface area contributed by atoms with Crippen LogP contribution in [0.5, 0.6) is 0 Å². The van der Waals surface area contributed by atoms with Gasteiger partial charge >= 0.3 is 5.97 Å². The van der Waals surface area contributed by atoms with Gasteiger partial charge in [0.05, 0.1) is 6.61 Å².